The molecule has 1 amide bonds. The molecule has 7 heteroatoms. The molecule has 0 fully saturated rings. The molecule has 0 radical (unpaired) electrons. The number of amidine groups is 1. The first-order valence-electron chi connectivity index (χ1n) is 8.62. The van der Waals surface area contributed by atoms with Gasteiger partial charge in [0.25, 0.3) is 5.91 Å². The van der Waals surface area contributed by atoms with Crippen LogP contribution in [0.15, 0.2) is 53.5 Å². The summed E-state index contributed by atoms with van der Waals surface area (Å²) in [5.41, 5.74) is 1.98. The van der Waals surface area contributed by atoms with E-state index >= 15 is 0 Å². The summed E-state index contributed by atoms with van der Waals surface area (Å²) in [6.45, 7) is 2.00. The highest BCUT2D eigenvalue weighted by atomic mass is 35.5. The summed E-state index contributed by atoms with van der Waals surface area (Å²) < 4.78 is 5.47. The highest BCUT2D eigenvalue weighted by Gasteiger charge is 2.37. The quantitative estimate of drug-likeness (QED) is 0.716. The van der Waals surface area contributed by atoms with Gasteiger partial charge in [0.2, 0.25) is 0 Å². The van der Waals surface area contributed by atoms with Gasteiger partial charge in [0, 0.05) is 17.2 Å². The standard InChI is InChI=1S/C20H17ClN2O3S/c1-12-11-27-20(22-12)23(15-8-6-14(21)7-9-15)18(24)17-10-13-4-2-3-5-16(13)19(25)26-17/h2-9,12,17H,10-11H2,1H3/t12-,17-/m1/s1. The number of cyclic esters (lactones) is 1. The first kappa shape index (κ1) is 18.1. The minimum Gasteiger partial charge on any atom is -0.448 e. The molecule has 2 atom stereocenters. The summed E-state index contributed by atoms with van der Waals surface area (Å²) in [4.78, 5) is 31.8. The third-order valence-corrected chi connectivity index (χ3v) is 5.90. The van der Waals surface area contributed by atoms with Crippen LogP contribution in [0.1, 0.15) is 22.8 Å². The maximum atomic E-state index is 13.4. The van der Waals surface area contributed by atoms with Gasteiger partial charge in [-0.3, -0.25) is 14.7 Å². The topological polar surface area (TPSA) is 59.0 Å². The van der Waals surface area contributed by atoms with E-state index in [0.717, 1.165) is 11.3 Å². The van der Waals surface area contributed by atoms with Gasteiger partial charge in [0.15, 0.2) is 11.3 Å². The number of nitrogens with zero attached hydrogens (tertiary/aromatic N) is 2. The number of benzene rings is 2. The first-order chi connectivity index (χ1) is 13.0. The van der Waals surface area contributed by atoms with E-state index in [0.29, 0.717) is 27.9 Å². The zero-order valence-corrected chi connectivity index (χ0v) is 16.2. The fourth-order valence-corrected chi connectivity index (χ4v) is 4.29. The summed E-state index contributed by atoms with van der Waals surface area (Å²) >= 11 is 7.51. The number of rotatable bonds is 2. The number of carbonyl (C=O) groups is 2. The molecule has 0 saturated carbocycles. The third kappa shape index (κ3) is 3.59. The summed E-state index contributed by atoms with van der Waals surface area (Å²) in [6, 6.07) is 14.3. The number of thioether (sulfide) groups is 1. The van der Waals surface area contributed by atoms with Crippen LogP contribution in [0.25, 0.3) is 0 Å². The van der Waals surface area contributed by atoms with E-state index in [4.69, 9.17) is 16.3 Å². The highest BCUT2D eigenvalue weighted by Crippen LogP contribution is 2.30. The second kappa shape index (κ2) is 7.37. The molecule has 0 aliphatic carbocycles. The van der Waals surface area contributed by atoms with Crippen molar-refractivity contribution in [1.29, 1.82) is 0 Å². The fraction of sp³-hybridized carbons (Fsp3) is 0.250. The van der Waals surface area contributed by atoms with Crippen LogP contribution in [0.4, 0.5) is 5.69 Å². The molecule has 2 aromatic carbocycles. The van der Waals surface area contributed by atoms with Crippen molar-refractivity contribution in [1.82, 2.24) is 0 Å². The normalized spacial score (nSPS) is 21.3. The van der Waals surface area contributed by atoms with Gasteiger partial charge in [0.05, 0.1) is 17.3 Å². The van der Waals surface area contributed by atoms with E-state index < -0.39 is 12.1 Å². The van der Waals surface area contributed by atoms with Crippen molar-refractivity contribution in [2.45, 2.75) is 25.5 Å². The van der Waals surface area contributed by atoms with E-state index in [9.17, 15) is 9.59 Å². The van der Waals surface area contributed by atoms with Gasteiger partial charge < -0.3 is 4.74 Å². The third-order valence-electron chi connectivity index (χ3n) is 4.45. The molecule has 0 saturated heterocycles. The predicted octanol–water partition coefficient (Wildman–Crippen LogP) is 3.95. The van der Waals surface area contributed by atoms with Gasteiger partial charge in [-0.2, -0.15) is 0 Å². The smallest absolute Gasteiger partial charge is 0.339 e. The van der Waals surface area contributed by atoms with Crippen LogP contribution < -0.4 is 4.90 Å². The van der Waals surface area contributed by atoms with Crippen molar-refractivity contribution in [2.75, 3.05) is 10.7 Å². The minimum atomic E-state index is -0.887. The molecule has 2 aromatic rings. The number of fused-ring (bicyclic) bond motifs is 1. The van der Waals surface area contributed by atoms with Crippen molar-refractivity contribution in [2.24, 2.45) is 4.99 Å². The van der Waals surface area contributed by atoms with E-state index in [2.05, 4.69) is 4.99 Å². The van der Waals surface area contributed by atoms with Crippen molar-refractivity contribution in [3.8, 4) is 0 Å². The Balaban J connectivity index is 1.68. The van der Waals surface area contributed by atoms with Crippen LogP contribution in [-0.4, -0.2) is 34.9 Å². The molecule has 0 aromatic heterocycles. The highest BCUT2D eigenvalue weighted by molar-refractivity contribution is 8.14. The van der Waals surface area contributed by atoms with Crippen molar-refractivity contribution in [3.63, 3.8) is 0 Å². The lowest BCUT2D eigenvalue weighted by Crippen LogP contribution is -2.46. The molecule has 2 aliphatic heterocycles. The van der Waals surface area contributed by atoms with E-state index in [1.54, 1.807) is 36.4 Å². The van der Waals surface area contributed by atoms with Crippen LogP contribution >= 0.6 is 23.4 Å². The number of ether oxygens (including phenoxy) is 1. The van der Waals surface area contributed by atoms with Gasteiger partial charge >= 0.3 is 5.97 Å². The molecule has 0 bridgehead atoms. The van der Waals surface area contributed by atoms with Crippen LogP contribution in [0, 0.1) is 0 Å². The van der Waals surface area contributed by atoms with Gasteiger partial charge in [-0.1, -0.05) is 41.6 Å². The molecule has 138 valence electrons. The Bertz CT molecular complexity index is 929. The number of anilines is 1. The van der Waals surface area contributed by atoms with Gasteiger partial charge in [-0.25, -0.2) is 4.79 Å². The first-order valence-corrected chi connectivity index (χ1v) is 9.98. The SMILES string of the molecule is C[C@@H]1CSC(N(C(=O)[C@H]2Cc3ccccc3C(=O)O2)c2ccc(Cl)cc2)=N1. The van der Waals surface area contributed by atoms with Gasteiger partial charge in [-0.15, -0.1) is 0 Å². The predicted molar refractivity (Wildman–Crippen MR) is 108 cm³/mol. The fourth-order valence-electron chi connectivity index (χ4n) is 3.12. The maximum Gasteiger partial charge on any atom is 0.339 e. The number of hydrogen-bond donors (Lipinski definition) is 0. The van der Waals surface area contributed by atoms with Crippen LogP contribution in [-0.2, 0) is 16.0 Å². The summed E-state index contributed by atoms with van der Waals surface area (Å²) in [5.74, 6) is 0.0288. The van der Waals surface area contributed by atoms with Crippen LogP contribution in [0.2, 0.25) is 5.02 Å². The molecular weight excluding hydrogens is 384 g/mol. The lowest BCUT2D eigenvalue weighted by atomic mass is 9.98. The Morgan fingerprint density at radius 1 is 1.22 bits per heavy atom. The number of amides is 1. The van der Waals surface area contributed by atoms with Crippen molar-refractivity contribution in [3.05, 3.63) is 64.7 Å². The van der Waals surface area contributed by atoms with E-state index in [1.165, 1.54) is 16.7 Å². The van der Waals surface area contributed by atoms with E-state index in [-0.39, 0.29) is 11.9 Å². The molecule has 2 heterocycles. The summed E-state index contributed by atoms with van der Waals surface area (Å²) in [6.07, 6.45) is -0.541. The average Bonchev–Trinajstić information content (AvgIpc) is 3.09. The zero-order chi connectivity index (χ0) is 19.0. The second-order valence-electron chi connectivity index (χ2n) is 6.48. The number of esters is 1. The molecule has 0 N–H and O–H groups in total. The Labute approximate surface area is 166 Å². The Hall–Kier alpha value is -2.31. The average molecular weight is 401 g/mol. The molecular formula is C20H17ClN2O3S. The minimum absolute atomic E-state index is 0.127. The Morgan fingerprint density at radius 3 is 2.67 bits per heavy atom. The molecule has 0 spiro atoms. The lowest BCUT2D eigenvalue weighted by molar-refractivity contribution is -0.126. The molecule has 27 heavy (non-hydrogen) atoms. The number of halogens is 1. The summed E-state index contributed by atoms with van der Waals surface area (Å²) in [7, 11) is 0. The van der Waals surface area contributed by atoms with Crippen molar-refractivity contribution >= 4 is 46.1 Å². The van der Waals surface area contributed by atoms with Crippen LogP contribution in [0.5, 0.6) is 0 Å². The molecule has 4 rings (SSSR count). The number of aliphatic imine (C=N–C) groups is 1. The van der Waals surface area contributed by atoms with Crippen LogP contribution in [0.3, 0.4) is 0 Å². The molecule has 0 unspecified atom stereocenters. The number of carbonyl (C=O) groups excluding carboxylic acids is 2. The Morgan fingerprint density at radius 2 is 1.96 bits per heavy atom. The monoisotopic (exact) mass is 400 g/mol. The largest absolute Gasteiger partial charge is 0.448 e. The zero-order valence-electron chi connectivity index (χ0n) is 14.6. The van der Waals surface area contributed by atoms with Gasteiger partial charge in [-0.05, 0) is 42.8 Å². The van der Waals surface area contributed by atoms with Gasteiger partial charge in [0.1, 0.15) is 0 Å². The van der Waals surface area contributed by atoms with Crippen molar-refractivity contribution < 1.29 is 14.3 Å². The second-order valence-corrected chi connectivity index (χ2v) is 7.90. The lowest BCUT2D eigenvalue weighted by Gasteiger charge is -2.29. The molecule has 2 aliphatic rings. The Kier molecular flexibility index (Phi) is 4.93. The molecule has 5 nitrogen and oxygen atoms in total. The maximum absolute atomic E-state index is 13.4. The summed E-state index contributed by atoms with van der Waals surface area (Å²) in [5, 5.41) is 1.20. The van der Waals surface area contributed by atoms with E-state index in [1.807, 2.05) is 19.1 Å². The number of hydrogen-bond acceptors (Lipinski definition) is 5.